The molecule has 2 aromatic rings. The van der Waals surface area contributed by atoms with Gasteiger partial charge in [-0.1, -0.05) is 12.1 Å². The average molecular weight is 357 g/mol. The number of nitrogens with zero attached hydrogens (tertiary/aromatic N) is 1. The van der Waals surface area contributed by atoms with E-state index < -0.39 is 0 Å². The van der Waals surface area contributed by atoms with Crippen LogP contribution in [0, 0.1) is 5.82 Å². The van der Waals surface area contributed by atoms with Crippen molar-refractivity contribution in [2.45, 2.75) is 13.1 Å². The molecule has 0 atom stereocenters. The van der Waals surface area contributed by atoms with E-state index in [1.165, 1.54) is 12.1 Å². The first kappa shape index (κ1) is 15.0. The Morgan fingerprint density at radius 1 is 1.30 bits per heavy atom. The Balaban J connectivity index is 1.83. The fourth-order valence-corrected chi connectivity index (χ4v) is 3.19. The van der Waals surface area contributed by atoms with Gasteiger partial charge in [0.25, 0.3) is 0 Å². The van der Waals surface area contributed by atoms with Crippen LogP contribution in [0.25, 0.3) is 0 Å². The molecule has 0 saturated carbocycles. The second kappa shape index (κ2) is 6.85. The van der Waals surface area contributed by atoms with Gasteiger partial charge in [-0.05, 0) is 45.8 Å². The lowest BCUT2D eigenvalue weighted by Gasteiger charge is -2.17. The van der Waals surface area contributed by atoms with Crippen LogP contribution in [0.3, 0.4) is 0 Å². The molecule has 106 valence electrons. The number of amides is 2. The van der Waals surface area contributed by atoms with Crippen LogP contribution in [0.4, 0.5) is 9.18 Å². The molecule has 0 bridgehead atoms. The SMILES string of the molecule is CN(Cc1ccc(Br)s1)C(=O)NCc1ccc(F)cc1. The molecule has 0 radical (unpaired) electrons. The van der Waals surface area contributed by atoms with E-state index in [9.17, 15) is 9.18 Å². The Morgan fingerprint density at radius 2 is 2.00 bits per heavy atom. The van der Waals surface area contributed by atoms with Crippen molar-refractivity contribution in [2.75, 3.05) is 7.05 Å². The molecule has 2 amide bonds. The van der Waals surface area contributed by atoms with Gasteiger partial charge in [0.1, 0.15) is 5.82 Å². The van der Waals surface area contributed by atoms with E-state index in [0.29, 0.717) is 13.1 Å². The van der Waals surface area contributed by atoms with Gasteiger partial charge in [-0.15, -0.1) is 11.3 Å². The van der Waals surface area contributed by atoms with E-state index in [1.54, 1.807) is 35.4 Å². The van der Waals surface area contributed by atoms with Crippen LogP contribution in [-0.4, -0.2) is 18.0 Å². The van der Waals surface area contributed by atoms with Gasteiger partial charge < -0.3 is 10.2 Å². The summed E-state index contributed by atoms with van der Waals surface area (Å²) in [4.78, 5) is 14.6. The molecule has 0 spiro atoms. The second-order valence-corrected chi connectivity index (χ2v) is 6.89. The number of carbonyl (C=O) groups is 1. The summed E-state index contributed by atoms with van der Waals surface area (Å²) in [7, 11) is 1.74. The first-order valence-electron chi connectivity index (χ1n) is 6.02. The highest BCUT2D eigenvalue weighted by atomic mass is 79.9. The average Bonchev–Trinajstić information content (AvgIpc) is 2.83. The maximum Gasteiger partial charge on any atom is 0.317 e. The zero-order chi connectivity index (χ0) is 14.5. The molecule has 0 aliphatic rings. The van der Waals surface area contributed by atoms with Gasteiger partial charge in [0.05, 0.1) is 10.3 Å². The lowest BCUT2D eigenvalue weighted by Crippen LogP contribution is -2.36. The summed E-state index contributed by atoms with van der Waals surface area (Å²) in [6.45, 7) is 0.948. The van der Waals surface area contributed by atoms with E-state index in [0.717, 1.165) is 14.2 Å². The summed E-state index contributed by atoms with van der Waals surface area (Å²) < 4.78 is 13.8. The molecular weight excluding hydrogens is 343 g/mol. The van der Waals surface area contributed by atoms with Crippen LogP contribution in [0.2, 0.25) is 0 Å². The van der Waals surface area contributed by atoms with Crippen LogP contribution >= 0.6 is 27.3 Å². The largest absolute Gasteiger partial charge is 0.334 e. The lowest BCUT2D eigenvalue weighted by atomic mass is 10.2. The summed E-state index contributed by atoms with van der Waals surface area (Å²) in [5.74, 6) is -0.277. The number of thiophene rings is 1. The van der Waals surface area contributed by atoms with E-state index >= 15 is 0 Å². The predicted octanol–water partition coefficient (Wildman–Crippen LogP) is 3.99. The number of rotatable bonds is 4. The summed E-state index contributed by atoms with van der Waals surface area (Å²) in [5, 5.41) is 2.80. The molecule has 1 N–H and O–H groups in total. The minimum absolute atomic E-state index is 0.154. The van der Waals surface area contributed by atoms with Gasteiger partial charge >= 0.3 is 6.03 Å². The monoisotopic (exact) mass is 356 g/mol. The van der Waals surface area contributed by atoms with Crippen LogP contribution in [0.1, 0.15) is 10.4 Å². The van der Waals surface area contributed by atoms with Crippen molar-refractivity contribution in [2.24, 2.45) is 0 Å². The molecule has 20 heavy (non-hydrogen) atoms. The predicted molar refractivity (Wildman–Crippen MR) is 82.1 cm³/mol. The zero-order valence-electron chi connectivity index (χ0n) is 10.9. The van der Waals surface area contributed by atoms with Crippen molar-refractivity contribution in [1.82, 2.24) is 10.2 Å². The fourth-order valence-electron chi connectivity index (χ4n) is 1.66. The molecule has 0 unspecified atom stereocenters. The molecule has 3 nitrogen and oxygen atoms in total. The van der Waals surface area contributed by atoms with E-state index in [1.807, 2.05) is 12.1 Å². The summed E-state index contributed by atoms with van der Waals surface area (Å²) in [5.41, 5.74) is 0.868. The van der Waals surface area contributed by atoms with Gasteiger partial charge in [-0.25, -0.2) is 9.18 Å². The van der Waals surface area contributed by atoms with Gasteiger partial charge in [0.2, 0.25) is 0 Å². The first-order chi connectivity index (χ1) is 9.54. The molecule has 0 aliphatic carbocycles. The highest BCUT2D eigenvalue weighted by molar-refractivity contribution is 9.11. The van der Waals surface area contributed by atoms with E-state index in [2.05, 4.69) is 21.2 Å². The molecular formula is C14H14BrFN2OS. The highest BCUT2D eigenvalue weighted by Gasteiger charge is 2.09. The number of halogens is 2. The zero-order valence-corrected chi connectivity index (χ0v) is 13.3. The number of hydrogen-bond acceptors (Lipinski definition) is 2. The molecule has 1 aromatic heterocycles. The summed E-state index contributed by atoms with van der Waals surface area (Å²) >= 11 is 5.00. The van der Waals surface area contributed by atoms with Gasteiger partial charge in [-0.2, -0.15) is 0 Å². The Kier molecular flexibility index (Phi) is 5.14. The van der Waals surface area contributed by atoms with Crippen molar-refractivity contribution in [3.8, 4) is 0 Å². The minimum atomic E-state index is -0.277. The van der Waals surface area contributed by atoms with Crippen LogP contribution in [0.15, 0.2) is 40.2 Å². The number of carbonyl (C=O) groups excluding carboxylic acids is 1. The van der Waals surface area contributed by atoms with Gasteiger partial charge in [-0.3, -0.25) is 0 Å². The molecule has 1 heterocycles. The van der Waals surface area contributed by atoms with Gasteiger partial charge in [0.15, 0.2) is 0 Å². The van der Waals surface area contributed by atoms with Crippen LogP contribution in [0.5, 0.6) is 0 Å². The van der Waals surface area contributed by atoms with Crippen molar-refractivity contribution in [3.05, 3.63) is 56.4 Å². The third-order valence-corrected chi connectivity index (χ3v) is 4.33. The number of hydrogen-bond donors (Lipinski definition) is 1. The molecule has 1 aromatic carbocycles. The Morgan fingerprint density at radius 3 is 2.60 bits per heavy atom. The molecule has 2 rings (SSSR count). The Hall–Kier alpha value is -1.40. The third kappa shape index (κ3) is 4.31. The fraction of sp³-hybridized carbons (Fsp3) is 0.214. The van der Waals surface area contributed by atoms with Crippen LogP contribution < -0.4 is 5.32 Å². The molecule has 6 heteroatoms. The van der Waals surface area contributed by atoms with Crippen molar-refractivity contribution in [3.63, 3.8) is 0 Å². The Bertz CT molecular complexity index is 585. The van der Waals surface area contributed by atoms with Crippen molar-refractivity contribution < 1.29 is 9.18 Å². The van der Waals surface area contributed by atoms with E-state index in [4.69, 9.17) is 0 Å². The summed E-state index contributed by atoms with van der Waals surface area (Å²) in [6.07, 6.45) is 0. The molecule has 0 saturated heterocycles. The number of benzene rings is 1. The topological polar surface area (TPSA) is 32.3 Å². The molecule has 0 fully saturated rings. The van der Waals surface area contributed by atoms with E-state index in [-0.39, 0.29) is 11.8 Å². The van der Waals surface area contributed by atoms with Crippen molar-refractivity contribution >= 4 is 33.3 Å². The third-order valence-electron chi connectivity index (χ3n) is 2.73. The smallest absolute Gasteiger partial charge is 0.317 e. The standard InChI is InChI=1S/C14H14BrFN2OS/c1-18(9-12-6-7-13(15)20-12)14(19)17-8-10-2-4-11(16)5-3-10/h2-7H,8-9H2,1H3,(H,17,19). The highest BCUT2D eigenvalue weighted by Crippen LogP contribution is 2.22. The number of urea groups is 1. The Labute approximate surface area is 129 Å². The maximum atomic E-state index is 12.8. The second-order valence-electron chi connectivity index (χ2n) is 4.35. The van der Waals surface area contributed by atoms with Crippen LogP contribution in [-0.2, 0) is 13.1 Å². The maximum absolute atomic E-state index is 12.8. The minimum Gasteiger partial charge on any atom is -0.334 e. The van der Waals surface area contributed by atoms with Crippen molar-refractivity contribution in [1.29, 1.82) is 0 Å². The number of nitrogens with one attached hydrogen (secondary N) is 1. The summed E-state index contributed by atoms with van der Waals surface area (Å²) in [6, 6.07) is 9.88. The normalized spacial score (nSPS) is 10.3. The quantitative estimate of drug-likeness (QED) is 0.882. The lowest BCUT2D eigenvalue weighted by molar-refractivity contribution is 0.207. The van der Waals surface area contributed by atoms with Gasteiger partial charge in [0, 0.05) is 18.5 Å². The molecule has 0 aliphatic heterocycles. The first-order valence-corrected chi connectivity index (χ1v) is 7.63.